The molecular weight excluding hydrogens is 208 g/mol. The van der Waals surface area contributed by atoms with Gasteiger partial charge in [-0.05, 0) is 6.42 Å². The van der Waals surface area contributed by atoms with Crippen LogP contribution in [0.2, 0.25) is 0 Å². The van der Waals surface area contributed by atoms with Crippen molar-refractivity contribution in [1.29, 1.82) is 0 Å². The van der Waals surface area contributed by atoms with E-state index in [4.69, 9.17) is 20.1 Å². The van der Waals surface area contributed by atoms with Crippen molar-refractivity contribution in [1.82, 2.24) is 0 Å². The van der Waals surface area contributed by atoms with E-state index in [0.717, 1.165) is 0 Å². The van der Waals surface area contributed by atoms with Crippen molar-refractivity contribution in [2.45, 2.75) is 13.3 Å². The summed E-state index contributed by atoms with van der Waals surface area (Å²) >= 11 is 0. The van der Waals surface area contributed by atoms with Crippen molar-refractivity contribution in [2.24, 2.45) is 5.41 Å². The van der Waals surface area contributed by atoms with E-state index in [9.17, 15) is 0 Å². The summed E-state index contributed by atoms with van der Waals surface area (Å²) in [6, 6.07) is 0. The zero-order chi connectivity index (χ0) is 12.9. The standard InChI is InChI=1S/C6H14O3.C6H10O/c1-2-6(3-7,4-8)5-9;1-3-5-7-6-4-2/h7-9H,2-5H2,1H3;3-4H,1-2,5-6H2. The van der Waals surface area contributed by atoms with Crippen LogP contribution in [0.25, 0.3) is 0 Å². The molecule has 0 saturated carbocycles. The molecule has 0 rings (SSSR count). The molecule has 0 atom stereocenters. The third kappa shape index (κ3) is 8.61. The normalized spacial score (nSPS) is 10.2. The number of hydrogen-bond acceptors (Lipinski definition) is 4. The van der Waals surface area contributed by atoms with E-state index in [1.807, 2.05) is 6.92 Å². The lowest BCUT2D eigenvalue weighted by Crippen LogP contribution is -2.32. The minimum Gasteiger partial charge on any atom is -0.396 e. The van der Waals surface area contributed by atoms with E-state index in [1.165, 1.54) is 0 Å². The molecule has 0 saturated heterocycles. The predicted octanol–water partition coefficient (Wildman–Crippen LogP) is 0.735. The molecule has 16 heavy (non-hydrogen) atoms. The summed E-state index contributed by atoms with van der Waals surface area (Å²) in [6.45, 7) is 9.53. The van der Waals surface area contributed by atoms with Gasteiger partial charge in [-0.3, -0.25) is 0 Å². The largest absolute Gasteiger partial charge is 0.396 e. The molecule has 4 heteroatoms. The molecule has 0 bridgehead atoms. The first kappa shape index (κ1) is 17.7. The molecule has 0 aromatic rings. The first-order chi connectivity index (χ1) is 7.66. The summed E-state index contributed by atoms with van der Waals surface area (Å²) in [4.78, 5) is 0. The van der Waals surface area contributed by atoms with Crippen LogP contribution < -0.4 is 0 Å². The Balaban J connectivity index is 0. The van der Waals surface area contributed by atoms with Gasteiger partial charge in [-0.15, -0.1) is 13.2 Å². The van der Waals surface area contributed by atoms with Crippen molar-refractivity contribution in [3.63, 3.8) is 0 Å². The van der Waals surface area contributed by atoms with Crippen molar-refractivity contribution in [2.75, 3.05) is 33.0 Å². The molecule has 0 unspecified atom stereocenters. The molecule has 0 aromatic carbocycles. The fourth-order valence-electron chi connectivity index (χ4n) is 0.720. The van der Waals surface area contributed by atoms with Gasteiger partial charge in [0.05, 0.1) is 33.0 Å². The number of aliphatic hydroxyl groups is 3. The number of aliphatic hydroxyl groups excluding tert-OH is 3. The number of rotatable bonds is 8. The quantitative estimate of drug-likeness (QED) is 0.426. The van der Waals surface area contributed by atoms with Crippen LogP contribution >= 0.6 is 0 Å². The van der Waals surface area contributed by atoms with E-state index < -0.39 is 5.41 Å². The molecular formula is C12H24O4. The molecule has 0 spiro atoms. The van der Waals surface area contributed by atoms with Gasteiger partial charge in [-0.2, -0.15) is 0 Å². The molecule has 0 aliphatic carbocycles. The second-order valence-electron chi connectivity index (χ2n) is 3.44. The average molecular weight is 232 g/mol. The molecule has 4 nitrogen and oxygen atoms in total. The molecule has 0 fully saturated rings. The van der Waals surface area contributed by atoms with E-state index in [-0.39, 0.29) is 19.8 Å². The van der Waals surface area contributed by atoms with Crippen LogP contribution in [0.1, 0.15) is 13.3 Å². The van der Waals surface area contributed by atoms with Crippen LogP contribution in [0, 0.1) is 5.41 Å². The van der Waals surface area contributed by atoms with Gasteiger partial charge in [0.2, 0.25) is 0 Å². The highest BCUT2D eigenvalue weighted by molar-refractivity contribution is 4.74. The molecule has 0 aliphatic rings. The zero-order valence-corrected chi connectivity index (χ0v) is 10.1. The lowest BCUT2D eigenvalue weighted by molar-refractivity contribution is 0.00304. The Bertz CT molecular complexity index is 139. The monoisotopic (exact) mass is 232 g/mol. The third-order valence-corrected chi connectivity index (χ3v) is 2.23. The Kier molecular flexibility index (Phi) is 13.7. The smallest absolute Gasteiger partial charge is 0.0649 e. The zero-order valence-electron chi connectivity index (χ0n) is 10.1. The highest BCUT2D eigenvalue weighted by atomic mass is 16.5. The van der Waals surface area contributed by atoms with Gasteiger partial charge in [0.25, 0.3) is 0 Å². The summed E-state index contributed by atoms with van der Waals surface area (Å²) in [7, 11) is 0. The van der Waals surface area contributed by atoms with Crippen LogP contribution in [0.3, 0.4) is 0 Å². The second-order valence-corrected chi connectivity index (χ2v) is 3.44. The van der Waals surface area contributed by atoms with Gasteiger partial charge in [-0.1, -0.05) is 19.1 Å². The van der Waals surface area contributed by atoms with Crippen molar-refractivity contribution in [3.8, 4) is 0 Å². The van der Waals surface area contributed by atoms with Crippen LogP contribution in [-0.2, 0) is 4.74 Å². The molecule has 0 amide bonds. The molecule has 0 radical (unpaired) electrons. The number of ether oxygens (including phenoxy) is 1. The molecule has 0 aliphatic heterocycles. The summed E-state index contributed by atoms with van der Waals surface area (Å²) in [5.74, 6) is 0. The Morgan fingerprint density at radius 3 is 1.50 bits per heavy atom. The van der Waals surface area contributed by atoms with E-state index >= 15 is 0 Å². The first-order valence-corrected chi connectivity index (χ1v) is 5.28. The maximum Gasteiger partial charge on any atom is 0.0649 e. The summed E-state index contributed by atoms with van der Waals surface area (Å²) in [5.41, 5.74) is -0.667. The first-order valence-electron chi connectivity index (χ1n) is 5.28. The van der Waals surface area contributed by atoms with Crippen LogP contribution in [0.4, 0.5) is 0 Å². The van der Waals surface area contributed by atoms with Crippen LogP contribution in [0.15, 0.2) is 25.3 Å². The lowest BCUT2D eigenvalue weighted by atomic mass is 9.88. The van der Waals surface area contributed by atoms with Crippen molar-refractivity contribution in [3.05, 3.63) is 25.3 Å². The maximum atomic E-state index is 8.66. The van der Waals surface area contributed by atoms with Crippen LogP contribution in [-0.4, -0.2) is 48.4 Å². The van der Waals surface area contributed by atoms with Gasteiger partial charge in [0.15, 0.2) is 0 Å². The maximum absolute atomic E-state index is 8.66. The SMILES string of the molecule is C=CCOCC=C.CCC(CO)(CO)CO. The van der Waals surface area contributed by atoms with Gasteiger partial charge in [0, 0.05) is 5.41 Å². The fraction of sp³-hybridized carbons (Fsp3) is 0.667. The molecule has 96 valence electrons. The molecule has 3 N–H and O–H groups in total. The third-order valence-electron chi connectivity index (χ3n) is 2.23. The Labute approximate surface area is 97.9 Å². The van der Waals surface area contributed by atoms with E-state index in [2.05, 4.69) is 13.2 Å². The van der Waals surface area contributed by atoms with E-state index in [0.29, 0.717) is 19.6 Å². The van der Waals surface area contributed by atoms with E-state index in [1.54, 1.807) is 12.2 Å². The molecule has 0 heterocycles. The van der Waals surface area contributed by atoms with Crippen molar-refractivity contribution >= 4 is 0 Å². The highest BCUT2D eigenvalue weighted by Gasteiger charge is 2.24. The molecule has 0 aromatic heterocycles. The number of hydrogen-bond donors (Lipinski definition) is 3. The minimum atomic E-state index is -0.667. The second kappa shape index (κ2) is 12.4. The minimum absolute atomic E-state index is 0.156. The Morgan fingerprint density at radius 1 is 1.00 bits per heavy atom. The van der Waals surface area contributed by atoms with Gasteiger partial charge in [0.1, 0.15) is 0 Å². The van der Waals surface area contributed by atoms with Gasteiger partial charge in [-0.25, -0.2) is 0 Å². The Hall–Kier alpha value is -0.680. The van der Waals surface area contributed by atoms with Crippen LogP contribution in [0.5, 0.6) is 0 Å². The average Bonchev–Trinajstić information content (AvgIpc) is 2.34. The topological polar surface area (TPSA) is 69.9 Å². The predicted molar refractivity (Wildman–Crippen MR) is 65.2 cm³/mol. The summed E-state index contributed by atoms with van der Waals surface area (Å²) < 4.78 is 4.90. The lowest BCUT2D eigenvalue weighted by Gasteiger charge is -2.24. The van der Waals surface area contributed by atoms with Gasteiger partial charge < -0.3 is 20.1 Å². The highest BCUT2D eigenvalue weighted by Crippen LogP contribution is 2.18. The summed E-state index contributed by atoms with van der Waals surface area (Å²) in [6.07, 6.45) is 4.02. The van der Waals surface area contributed by atoms with Crippen molar-refractivity contribution < 1.29 is 20.1 Å². The Morgan fingerprint density at radius 2 is 1.38 bits per heavy atom. The fourth-order valence-corrected chi connectivity index (χ4v) is 0.720. The summed E-state index contributed by atoms with van der Waals surface area (Å²) in [5, 5.41) is 26.0. The van der Waals surface area contributed by atoms with Gasteiger partial charge >= 0.3 is 0 Å².